The van der Waals surface area contributed by atoms with Gasteiger partial charge in [-0.15, -0.1) is 0 Å². The molecule has 0 saturated heterocycles. The van der Waals surface area contributed by atoms with Crippen LogP contribution in [0.25, 0.3) is 0 Å². The summed E-state index contributed by atoms with van der Waals surface area (Å²) in [7, 11) is -2.14. The monoisotopic (exact) mass is 281 g/mol. The molecule has 0 spiro atoms. The maximum Gasteiger partial charge on any atom is 0.267 e. The van der Waals surface area contributed by atoms with Gasteiger partial charge in [-0.25, -0.2) is 8.42 Å². The van der Waals surface area contributed by atoms with Crippen LogP contribution in [0.3, 0.4) is 0 Å². The lowest BCUT2D eigenvalue weighted by molar-refractivity contribution is 0.600. The van der Waals surface area contributed by atoms with Gasteiger partial charge in [-0.2, -0.15) is 5.10 Å². The molecule has 0 aromatic carbocycles. The van der Waals surface area contributed by atoms with Crippen LogP contribution in [0.2, 0.25) is 0 Å². The van der Waals surface area contributed by atoms with Crippen LogP contribution in [0.15, 0.2) is 23.2 Å². The van der Waals surface area contributed by atoms with E-state index in [0.717, 1.165) is 0 Å². The summed E-state index contributed by atoms with van der Waals surface area (Å²) in [6, 6.07) is 3.30. The van der Waals surface area contributed by atoms with Crippen molar-refractivity contribution in [2.24, 2.45) is 7.05 Å². The number of aromatic nitrogens is 3. The first-order chi connectivity index (χ1) is 8.83. The zero-order valence-corrected chi connectivity index (χ0v) is 11.7. The highest BCUT2D eigenvalue weighted by Gasteiger charge is 2.25. The van der Waals surface area contributed by atoms with Crippen LogP contribution in [0.1, 0.15) is 11.4 Å². The van der Waals surface area contributed by atoms with E-state index in [9.17, 15) is 8.42 Å². The highest BCUT2D eigenvalue weighted by atomic mass is 32.2. The Hall–Kier alpha value is -2.09. The van der Waals surface area contributed by atoms with Crippen molar-refractivity contribution in [2.45, 2.75) is 18.7 Å². The van der Waals surface area contributed by atoms with Crippen LogP contribution < -0.4 is 10.5 Å². The number of aryl methyl sites for hydroxylation is 2. The Morgan fingerprint density at radius 1 is 1.37 bits per heavy atom. The fourth-order valence-corrected chi connectivity index (χ4v) is 3.18. The molecule has 2 aromatic rings. The predicted molar refractivity (Wildman–Crippen MR) is 72.1 cm³/mol. The SMILES string of the molecule is Cc1ncccc1NS(=O)(=O)c1c(N)nn(C)c1C. The first-order valence-electron chi connectivity index (χ1n) is 5.56. The van der Waals surface area contributed by atoms with Gasteiger partial charge in [0.25, 0.3) is 10.0 Å². The van der Waals surface area contributed by atoms with E-state index in [1.54, 1.807) is 39.2 Å². The maximum absolute atomic E-state index is 12.3. The summed E-state index contributed by atoms with van der Waals surface area (Å²) in [5.41, 5.74) is 7.14. The minimum atomic E-state index is -3.77. The molecule has 2 rings (SSSR count). The fourth-order valence-electron chi connectivity index (χ4n) is 1.73. The Labute approximate surface area is 111 Å². The normalized spacial score (nSPS) is 11.5. The Morgan fingerprint density at radius 3 is 2.58 bits per heavy atom. The molecule has 3 N–H and O–H groups in total. The Morgan fingerprint density at radius 2 is 2.05 bits per heavy atom. The smallest absolute Gasteiger partial charge is 0.267 e. The molecule has 7 nitrogen and oxygen atoms in total. The summed E-state index contributed by atoms with van der Waals surface area (Å²) < 4.78 is 28.6. The fraction of sp³-hybridized carbons (Fsp3) is 0.273. The van der Waals surface area contributed by atoms with Gasteiger partial charge in [0, 0.05) is 13.2 Å². The summed E-state index contributed by atoms with van der Waals surface area (Å²) in [6.45, 7) is 3.37. The lowest BCUT2D eigenvalue weighted by atomic mass is 10.3. The van der Waals surface area contributed by atoms with Crippen LogP contribution in [0, 0.1) is 13.8 Å². The van der Waals surface area contributed by atoms with Crippen LogP contribution >= 0.6 is 0 Å². The average molecular weight is 281 g/mol. The molecule has 0 saturated carbocycles. The highest BCUT2D eigenvalue weighted by molar-refractivity contribution is 7.93. The number of hydrogen-bond donors (Lipinski definition) is 2. The molecule has 8 heteroatoms. The van der Waals surface area contributed by atoms with Crippen molar-refractivity contribution in [2.75, 3.05) is 10.5 Å². The second-order valence-corrected chi connectivity index (χ2v) is 5.78. The van der Waals surface area contributed by atoms with Crippen molar-refractivity contribution >= 4 is 21.5 Å². The molecular weight excluding hydrogens is 266 g/mol. The Balaban J connectivity index is 2.47. The molecule has 0 bridgehead atoms. The number of nitrogens with two attached hydrogens (primary N) is 1. The van der Waals surface area contributed by atoms with Gasteiger partial charge < -0.3 is 5.73 Å². The van der Waals surface area contributed by atoms with Crippen LogP contribution in [0.4, 0.5) is 11.5 Å². The molecule has 2 aromatic heterocycles. The zero-order valence-electron chi connectivity index (χ0n) is 10.9. The molecule has 102 valence electrons. The van der Waals surface area contributed by atoms with Gasteiger partial charge in [-0.1, -0.05) is 0 Å². The quantitative estimate of drug-likeness (QED) is 0.866. The average Bonchev–Trinajstić information content (AvgIpc) is 2.56. The van der Waals surface area contributed by atoms with Crippen molar-refractivity contribution in [1.29, 1.82) is 0 Å². The third-order valence-corrected chi connectivity index (χ3v) is 4.36. The predicted octanol–water partition coefficient (Wildman–Crippen LogP) is 0.815. The van der Waals surface area contributed by atoms with E-state index < -0.39 is 10.0 Å². The van der Waals surface area contributed by atoms with Gasteiger partial charge in [0.05, 0.1) is 17.1 Å². The van der Waals surface area contributed by atoms with Crippen molar-refractivity contribution in [1.82, 2.24) is 14.8 Å². The molecule has 0 aliphatic heterocycles. The maximum atomic E-state index is 12.3. The Bertz CT molecular complexity index is 721. The number of anilines is 2. The van der Waals surface area contributed by atoms with E-state index in [1.165, 1.54) is 4.68 Å². The number of nitrogens with zero attached hydrogens (tertiary/aromatic N) is 3. The van der Waals surface area contributed by atoms with Crippen molar-refractivity contribution < 1.29 is 8.42 Å². The van der Waals surface area contributed by atoms with Gasteiger partial charge >= 0.3 is 0 Å². The van der Waals surface area contributed by atoms with E-state index in [4.69, 9.17) is 5.73 Å². The van der Waals surface area contributed by atoms with Crippen molar-refractivity contribution in [3.8, 4) is 0 Å². The largest absolute Gasteiger partial charge is 0.381 e. The van der Waals surface area contributed by atoms with Gasteiger partial charge in [-0.05, 0) is 26.0 Å². The lowest BCUT2D eigenvalue weighted by Crippen LogP contribution is -2.16. The Kier molecular flexibility index (Phi) is 3.19. The van der Waals surface area contributed by atoms with Crippen LogP contribution in [0.5, 0.6) is 0 Å². The minimum Gasteiger partial charge on any atom is -0.381 e. The van der Waals surface area contributed by atoms with Gasteiger partial charge in [-0.3, -0.25) is 14.4 Å². The second kappa shape index (κ2) is 4.54. The van der Waals surface area contributed by atoms with Gasteiger partial charge in [0.1, 0.15) is 0 Å². The number of nitrogens with one attached hydrogen (secondary N) is 1. The summed E-state index contributed by atoms with van der Waals surface area (Å²) in [5.74, 6) is -0.0194. The molecular formula is C11H15N5O2S. The number of sulfonamides is 1. The van der Waals surface area contributed by atoms with Gasteiger partial charge in [0.2, 0.25) is 0 Å². The molecule has 0 aliphatic rings. The van der Waals surface area contributed by atoms with Gasteiger partial charge in [0.15, 0.2) is 10.7 Å². The lowest BCUT2D eigenvalue weighted by Gasteiger charge is -2.09. The summed E-state index contributed by atoms with van der Waals surface area (Å²) in [4.78, 5) is 4.03. The molecule has 0 amide bonds. The first kappa shape index (κ1) is 13.3. The molecule has 0 unspecified atom stereocenters. The molecule has 0 radical (unpaired) electrons. The number of pyridine rings is 1. The van der Waals surface area contributed by atoms with E-state index in [-0.39, 0.29) is 10.7 Å². The molecule has 19 heavy (non-hydrogen) atoms. The van der Waals surface area contributed by atoms with Crippen LogP contribution in [-0.4, -0.2) is 23.2 Å². The third-order valence-electron chi connectivity index (χ3n) is 2.82. The highest BCUT2D eigenvalue weighted by Crippen LogP contribution is 2.24. The van der Waals surface area contributed by atoms with E-state index in [0.29, 0.717) is 17.1 Å². The number of hydrogen-bond acceptors (Lipinski definition) is 5. The van der Waals surface area contributed by atoms with E-state index >= 15 is 0 Å². The van der Waals surface area contributed by atoms with Crippen LogP contribution in [-0.2, 0) is 17.1 Å². The second-order valence-electron chi connectivity index (χ2n) is 4.17. The van der Waals surface area contributed by atoms with E-state index in [1.807, 2.05) is 0 Å². The third kappa shape index (κ3) is 2.39. The molecule has 0 aliphatic carbocycles. The van der Waals surface area contributed by atoms with Crippen molar-refractivity contribution in [3.63, 3.8) is 0 Å². The zero-order chi connectivity index (χ0) is 14.2. The minimum absolute atomic E-state index is 0.00162. The number of rotatable bonds is 3. The topological polar surface area (TPSA) is 103 Å². The van der Waals surface area contributed by atoms with E-state index in [2.05, 4.69) is 14.8 Å². The standard InChI is InChI=1S/C11H15N5O2S/c1-7-9(5-4-6-13-7)15-19(17,18)10-8(2)16(3)14-11(10)12/h4-6,15H,1-3H3,(H2,12,14). The molecule has 2 heterocycles. The summed E-state index contributed by atoms with van der Waals surface area (Å²) in [5, 5.41) is 3.90. The summed E-state index contributed by atoms with van der Waals surface area (Å²) >= 11 is 0. The molecule has 0 atom stereocenters. The van der Waals surface area contributed by atoms with Crippen molar-refractivity contribution in [3.05, 3.63) is 29.7 Å². The summed E-state index contributed by atoms with van der Waals surface area (Å²) in [6.07, 6.45) is 1.59. The number of nitrogen functional groups attached to an aromatic ring is 1. The first-order valence-corrected chi connectivity index (χ1v) is 7.04. The molecule has 0 fully saturated rings.